The van der Waals surface area contributed by atoms with Gasteiger partial charge in [-0.25, -0.2) is 0 Å². The predicted octanol–water partition coefficient (Wildman–Crippen LogP) is 0.399. The number of aryl methyl sites for hydroxylation is 1. The van der Waals surface area contributed by atoms with Crippen LogP contribution in [-0.4, -0.2) is 22.1 Å². The van der Waals surface area contributed by atoms with E-state index in [1.807, 2.05) is 13.8 Å². The smallest absolute Gasteiger partial charge is 0.237 e. The van der Waals surface area contributed by atoms with E-state index in [0.717, 1.165) is 0 Å². The first-order valence-electron chi connectivity index (χ1n) is 4.83. The Hall–Kier alpha value is -1.14. The van der Waals surface area contributed by atoms with Crippen LogP contribution in [0.2, 0.25) is 0 Å². The number of hydrogen-bond acceptors (Lipinski definition) is 5. The van der Waals surface area contributed by atoms with Gasteiger partial charge in [0.2, 0.25) is 11.8 Å². The Balaban J connectivity index is 0.00000225. The molecule has 1 aromatic rings. The summed E-state index contributed by atoms with van der Waals surface area (Å²) in [5, 5.41) is 6.29. The summed E-state index contributed by atoms with van der Waals surface area (Å²) in [5.74, 6) is 0.841. The molecule has 92 valence electrons. The maximum atomic E-state index is 11.4. The van der Waals surface area contributed by atoms with Crippen molar-refractivity contribution < 1.29 is 9.32 Å². The number of nitrogens with zero attached hydrogens (tertiary/aromatic N) is 2. The van der Waals surface area contributed by atoms with Crippen molar-refractivity contribution in [3.63, 3.8) is 0 Å². The van der Waals surface area contributed by atoms with Gasteiger partial charge in [0.1, 0.15) is 0 Å². The molecule has 16 heavy (non-hydrogen) atoms. The first-order valence-corrected chi connectivity index (χ1v) is 4.83. The van der Waals surface area contributed by atoms with Crippen molar-refractivity contribution in [2.45, 2.75) is 33.4 Å². The van der Waals surface area contributed by atoms with Crippen LogP contribution >= 0.6 is 12.4 Å². The largest absolute Gasteiger partial charge is 0.347 e. The molecule has 3 N–H and O–H groups in total. The minimum atomic E-state index is -0.502. The molecular formula is C9H17ClN4O2. The highest BCUT2D eigenvalue weighted by atomic mass is 35.5. The van der Waals surface area contributed by atoms with Gasteiger partial charge in [-0.3, -0.25) is 4.79 Å². The lowest BCUT2D eigenvalue weighted by atomic mass is 10.1. The Bertz CT molecular complexity index is 340. The van der Waals surface area contributed by atoms with Crippen molar-refractivity contribution in [1.29, 1.82) is 0 Å². The maximum absolute atomic E-state index is 11.4. The van der Waals surface area contributed by atoms with Crippen LogP contribution in [0.5, 0.6) is 0 Å². The van der Waals surface area contributed by atoms with Crippen molar-refractivity contribution in [1.82, 2.24) is 15.5 Å². The van der Waals surface area contributed by atoms with E-state index in [9.17, 15) is 4.79 Å². The van der Waals surface area contributed by atoms with Gasteiger partial charge in [-0.15, -0.1) is 12.4 Å². The van der Waals surface area contributed by atoms with Gasteiger partial charge >= 0.3 is 0 Å². The van der Waals surface area contributed by atoms with E-state index in [1.165, 1.54) is 0 Å². The number of halogens is 1. The molecule has 0 fully saturated rings. The minimum Gasteiger partial charge on any atom is -0.347 e. The van der Waals surface area contributed by atoms with Crippen LogP contribution in [0.15, 0.2) is 4.52 Å². The molecular weight excluding hydrogens is 232 g/mol. The Labute approximate surface area is 100 Å². The molecule has 0 saturated carbocycles. The van der Waals surface area contributed by atoms with E-state index in [-0.39, 0.29) is 30.8 Å². The molecule has 1 rings (SSSR count). The molecule has 1 atom stereocenters. The fourth-order valence-electron chi connectivity index (χ4n) is 1.000. The summed E-state index contributed by atoms with van der Waals surface area (Å²) in [6.07, 6.45) is 0. The average molecular weight is 249 g/mol. The van der Waals surface area contributed by atoms with Crippen molar-refractivity contribution in [2.24, 2.45) is 11.7 Å². The highest BCUT2D eigenvalue weighted by Crippen LogP contribution is 1.99. The highest BCUT2D eigenvalue weighted by Gasteiger charge is 2.17. The summed E-state index contributed by atoms with van der Waals surface area (Å²) >= 11 is 0. The zero-order chi connectivity index (χ0) is 11.4. The lowest BCUT2D eigenvalue weighted by molar-refractivity contribution is -0.123. The average Bonchev–Trinajstić information content (AvgIpc) is 2.59. The third-order valence-electron chi connectivity index (χ3n) is 2.01. The molecule has 6 nitrogen and oxygen atoms in total. The van der Waals surface area contributed by atoms with Crippen LogP contribution in [-0.2, 0) is 11.3 Å². The molecule has 0 aliphatic heterocycles. The van der Waals surface area contributed by atoms with E-state index in [4.69, 9.17) is 10.3 Å². The fraction of sp³-hybridized carbons (Fsp3) is 0.667. The van der Waals surface area contributed by atoms with Crippen molar-refractivity contribution in [2.75, 3.05) is 0 Å². The number of nitrogens with two attached hydrogens (primary N) is 1. The number of carbonyl (C=O) groups excluding carboxylic acids is 1. The second-order valence-electron chi connectivity index (χ2n) is 3.72. The summed E-state index contributed by atoms with van der Waals surface area (Å²) in [7, 11) is 0. The van der Waals surface area contributed by atoms with E-state index in [0.29, 0.717) is 11.7 Å². The van der Waals surface area contributed by atoms with Crippen LogP contribution < -0.4 is 11.1 Å². The SMILES string of the molecule is Cc1nc(CNC(=O)[C@H](N)C(C)C)no1.Cl. The molecule has 0 aliphatic rings. The van der Waals surface area contributed by atoms with E-state index in [2.05, 4.69) is 15.5 Å². The van der Waals surface area contributed by atoms with Crippen molar-refractivity contribution in [3.05, 3.63) is 11.7 Å². The first-order chi connectivity index (χ1) is 7.00. The van der Waals surface area contributed by atoms with Crippen LogP contribution in [0.3, 0.4) is 0 Å². The minimum absolute atomic E-state index is 0. The Morgan fingerprint density at radius 2 is 2.19 bits per heavy atom. The molecule has 1 amide bonds. The number of hydrogen-bond donors (Lipinski definition) is 2. The topological polar surface area (TPSA) is 94.0 Å². The lowest BCUT2D eigenvalue weighted by Gasteiger charge is -2.14. The van der Waals surface area contributed by atoms with Crippen LogP contribution in [0.4, 0.5) is 0 Å². The number of carbonyl (C=O) groups is 1. The Morgan fingerprint density at radius 1 is 1.56 bits per heavy atom. The standard InChI is InChI=1S/C9H16N4O2.ClH/c1-5(2)8(10)9(14)11-4-7-12-6(3)15-13-7;/h5,8H,4,10H2,1-3H3,(H,11,14);1H/t8-;/m1./s1. The van der Waals surface area contributed by atoms with Crippen LogP contribution in [0.25, 0.3) is 0 Å². The van der Waals surface area contributed by atoms with Crippen LogP contribution in [0.1, 0.15) is 25.6 Å². The Morgan fingerprint density at radius 3 is 2.62 bits per heavy atom. The predicted molar refractivity (Wildman–Crippen MR) is 60.9 cm³/mol. The maximum Gasteiger partial charge on any atom is 0.237 e. The summed E-state index contributed by atoms with van der Waals surface area (Å²) in [5.41, 5.74) is 5.65. The van der Waals surface area contributed by atoms with Crippen LogP contribution in [0, 0.1) is 12.8 Å². The summed E-state index contributed by atoms with van der Waals surface area (Å²) in [6.45, 7) is 5.72. The zero-order valence-electron chi connectivity index (χ0n) is 9.56. The number of rotatable bonds is 4. The lowest BCUT2D eigenvalue weighted by Crippen LogP contribution is -2.43. The number of nitrogens with one attached hydrogen (secondary N) is 1. The quantitative estimate of drug-likeness (QED) is 0.804. The normalized spacial score (nSPS) is 12.1. The molecule has 1 aromatic heterocycles. The fourth-order valence-corrected chi connectivity index (χ4v) is 1.000. The van der Waals surface area contributed by atoms with E-state index in [1.54, 1.807) is 6.92 Å². The third-order valence-corrected chi connectivity index (χ3v) is 2.01. The zero-order valence-corrected chi connectivity index (χ0v) is 10.4. The molecule has 7 heteroatoms. The van der Waals surface area contributed by atoms with Gasteiger partial charge in [0.15, 0.2) is 5.82 Å². The first kappa shape index (κ1) is 14.9. The molecule has 0 spiro atoms. The van der Waals surface area contributed by atoms with Gasteiger partial charge in [-0.1, -0.05) is 19.0 Å². The second kappa shape index (κ2) is 6.44. The molecule has 0 saturated heterocycles. The highest BCUT2D eigenvalue weighted by molar-refractivity contribution is 5.85. The summed E-state index contributed by atoms with van der Waals surface area (Å²) in [4.78, 5) is 15.4. The van der Waals surface area contributed by atoms with Gasteiger partial charge in [0.25, 0.3) is 0 Å². The van der Waals surface area contributed by atoms with Gasteiger partial charge < -0.3 is 15.6 Å². The number of aromatic nitrogens is 2. The van der Waals surface area contributed by atoms with Crippen molar-refractivity contribution in [3.8, 4) is 0 Å². The van der Waals surface area contributed by atoms with Gasteiger partial charge in [-0.05, 0) is 5.92 Å². The monoisotopic (exact) mass is 248 g/mol. The third kappa shape index (κ3) is 4.16. The van der Waals surface area contributed by atoms with Gasteiger partial charge in [0.05, 0.1) is 12.6 Å². The molecule has 0 aromatic carbocycles. The van der Waals surface area contributed by atoms with Crippen molar-refractivity contribution >= 4 is 18.3 Å². The summed E-state index contributed by atoms with van der Waals surface area (Å²) < 4.78 is 4.76. The van der Waals surface area contributed by atoms with Gasteiger partial charge in [-0.2, -0.15) is 4.98 Å². The molecule has 0 radical (unpaired) electrons. The molecule has 1 heterocycles. The van der Waals surface area contributed by atoms with E-state index < -0.39 is 6.04 Å². The van der Waals surface area contributed by atoms with E-state index >= 15 is 0 Å². The van der Waals surface area contributed by atoms with Gasteiger partial charge in [0, 0.05) is 6.92 Å². The Kier molecular flexibility index (Phi) is 5.98. The number of amides is 1. The molecule has 0 unspecified atom stereocenters. The molecule has 0 bridgehead atoms. The summed E-state index contributed by atoms with van der Waals surface area (Å²) in [6, 6.07) is -0.502. The second-order valence-corrected chi connectivity index (χ2v) is 3.72. The molecule has 0 aliphatic carbocycles.